The van der Waals surface area contributed by atoms with Crippen LogP contribution in [0.3, 0.4) is 0 Å². The second-order valence-electron chi connectivity index (χ2n) is 19.2. The van der Waals surface area contributed by atoms with Crippen molar-refractivity contribution < 1.29 is 32.9 Å². The molecule has 0 saturated heterocycles. The van der Waals surface area contributed by atoms with Crippen molar-refractivity contribution >= 4 is 13.7 Å². The van der Waals surface area contributed by atoms with Crippen LogP contribution in [0.5, 0.6) is 0 Å². The molecule has 64 heavy (non-hydrogen) atoms. The van der Waals surface area contributed by atoms with E-state index >= 15 is 0 Å². The van der Waals surface area contributed by atoms with Gasteiger partial charge in [-0.15, -0.1) is 0 Å². The molecule has 0 aliphatic rings. The summed E-state index contributed by atoms with van der Waals surface area (Å²) in [7, 11) is 1.54. The van der Waals surface area contributed by atoms with E-state index in [-0.39, 0.29) is 19.1 Å². The largest absolute Gasteiger partial charge is 0.472 e. The summed E-state index contributed by atoms with van der Waals surface area (Å²) in [5.41, 5.74) is 0. The maximum absolute atomic E-state index is 12.9. The molecule has 0 aliphatic carbocycles. The molecule has 3 atom stereocenters. The van der Waals surface area contributed by atoms with Crippen molar-refractivity contribution in [1.82, 2.24) is 5.32 Å². The molecular formula is C55H104N2O6P+. The Labute approximate surface area is 396 Å². The predicted molar refractivity (Wildman–Crippen MR) is 277 cm³/mol. The van der Waals surface area contributed by atoms with Crippen LogP contribution in [0.15, 0.2) is 60.8 Å². The maximum Gasteiger partial charge on any atom is 0.472 e. The minimum atomic E-state index is -4.36. The molecule has 374 valence electrons. The number of carbonyl (C=O) groups excluding carboxylic acids is 1. The molecule has 0 rings (SSSR count). The first-order valence-corrected chi connectivity index (χ1v) is 28.2. The van der Waals surface area contributed by atoms with Crippen LogP contribution in [0.4, 0.5) is 0 Å². The van der Waals surface area contributed by atoms with Crippen LogP contribution >= 0.6 is 7.82 Å². The first-order chi connectivity index (χ1) is 31.0. The van der Waals surface area contributed by atoms with E-state index in [2.05, 4.69) is 67.8 Å². The number of aliphatic hydroxyl groups excluding tert-OH is 1. The van der Waals surface area contributed by atoms with Gasteiger partial charge in [-0.25, -0.2) is 4.57 Å². The summed E-state index contributed by atoms with van der Waals surface area (Å²) < 4.78 is 23.6. The van der Waals surface area contributed by atoms with E-state index in [9.17, 15) is 19.4 Å². The molecule has 8 nitrogen and oxygen atoms in total. The highest BCUT2D eigenvalue weighted by Crippen LogP contribution is 2.43. The van der Waals surface area contributed by atoms with Gasteiger partial charge in [-0.1, -0.05) is 222 Å². The molecule has 0 aromatic carbocycles. The number of aliphatic hydroxyl groups is 1. The number of carbonyl (C=O) groups is 1. The third-order valence-electron chi connectivity index (χ3n) is 11.7. The normalized spacial score (nSPS) is 14.5. The van der Waals surface area contributed by atoms with Gasteiger partial charge in [0.1, 0.15) is 13.2 Å². The third kappa shape index (κ3) is 48.1. The minimum Gasteiger partial charge on any atom is -0.387 e. The number of nitrogens with one attached hydrogen (secondary N) is 1. The quantitative estimate of drug-likeness (QED) is 0.0243. The highest BCUT2D eigenvalue weighted by Gasteiger charge is 2.27. The first kappa shape index (κ1) is 62.2. The van der Waals surface area contributed by atoms with Gasteiger partial charge < -0.3 is 19.8 Å². The van der Waals surface area contributed by atoms with Crippen molar-refractivity contribution in [3.63, 3.8) is 0 Å². The van der Waals surface area contributed by atoms with Crippen LogP contribution in [0.1, 0.15) is 232 Å². The van der Waals surface area contributed by atoms with Crippen LogP contribution in [-0.2, 0) is 18.4 Å². The minimum absolute atomic E-state index is 0.0519. The third-order valence-corrected chi connectivity index (χ3v) is 12.7. The lowest BCUT2D eigenvalue weighted by Crippen LogP contribution is -2.45. The Bertz CT molecular complexity index is 1230. The van der Waals surface area contributed by atoms with Gasteiger partial charge in [0, 0.05) is 6.42 Å². The number of amides is 1. The van der Waals surface area contributed by atoms with E-state index in [1.165, 1.54) is 141 Å². The lowest BCUT2D eigenvalue weighted by Gasteiger charge is -2.25. The molecule has 0 fully saturated rings. The molecular weight excluding hydrogens is 816 g/mol. The smallest absolute Gasteiger partial charge is 0.387 e. The van der Waals surface area contributed by atoms with Crippen molar-refractivity contribution in [2.24, 2.45) is 0 Å². The lowest BCUT2D eigenvalue weighted by atomic mass is 10.0. The number of nitrogens with zero attached hydrogens (tertiary/aromatic N) is 1. The van der Waals surface area contributed by atoms with E-state index in [0.29, 0.717) is 17.4 Å². The van der Waals surface area contributed by atoms with Crippen LogP contribution in [0.25, 0.3) is 0 Å². The van der Waals surface area contributed by atoms with E-state index in [1.807, 2.05) is 27.2 Å². The SMILES string of the molecule is CC/C=C\C/C=C\C/C=C\CCCCCCCCCC(=O)NC(COP(=O)(O)OCC[N+](C)(C)C)C(O)/C=C/CC/C=C/CCCCCCCCCCCCCCCCCCCCC. The van der Waals surface area contributed by atoms with E-state index in [4.69, 9.17) is 9.05 Å². The number of likely N-dealkylation sites (N-methyl/N-ethyl adjacent to an activating group) is 1. The van der Waals surface area contributed by atoms with Gasteiger partial charge in [0.15, 0.2) is 0 Å². The van der Waals surface area contributed by atoms with Crippen LogP contribution < -0.4 is 5.32 Å². The summed E-state index contributed by atoms with van der Waals surface area (Å²) in [6.45, 7) is 4.69. The van der Waals surface area contributed by atoms with Gasteiger partial charge in [-0.2, -0.15) is 0 Å². The molecule has 0 bridgehead atoms. The molecule has 0 aromatic heterocycles. The molecule has 0 radical (unpaired) electrons. The number of allylic oxidation sites excluding steroid dienone is 9. The Morgan fingerprint density at radius 1 is 0.547 bits per heavy atom. The average Bonchev–Trinajstić information content (AvgIpc) is 3.25. The van der Waals surface area contributed by atoms with E-state index in [1.54, 1.807) is 6.08 Å². The van der Waals surface area contributed by atoms with Crippen molar-refractivity contribution in [1.29, 1.82) is 0 Å². The second-order valence-corrected chi connectivity index (χ2v) is 20.7. The number of hydrogen-bond donors (Lipinski definition) is 3. The lowest BCUT2D eigenvalue weighted by molar-refractivity contribution is -0.870. The number of hydrogen-bond acceptors (Lipinski definition) is 5. The number of phosphoric acid groups is 1. The Kier molecular flexibility index (Phi) is 45.0. The zero-order valence-corrected chi connectivity index (χ0v) is 43.4. The Hall–Kier alpha value is -1.80. The topological polar surface area (TPSA) is 105 Å². The van der Waals surface area contributed by atoms with Crippen molar-refractivity contribution in [3.05, 3.63) is 60.8 Å². The first-order valence-electron chi connectivity index (χ1n) is 26.7. The zero-order chi connectivity index (χ0) is 47.1. The maximum atomic E-state index is 12.9. The van der Waals surface area contributed by atoms with Gasteiger partial charge in [-0.3, -0.25) is 13.8 Å². The van der Waals surface area contributed by atoms with E-state index < -0.39 is 20.0 Å². The molecule has 0 heterocycles. The van der Waals surface area contributed by atoms with Crippen LogP contribution in [0, 0.1) is 0 Å². The number of rotatable bonds is 48. The van der Waals surface area contributed by atoms with Crippen LogP contribution in [-0.4, -0.2) is 73.4 Å². The van der Waals surface area contributed by atoms with E-state index in [0.717, 1.165) is 70.6 Å². The van der Waals surface area contributed by atoms with Gasteiger partial charge in [0.2, 0.25) is 5.91 Å². The molecule has 0 saturated carbocycles. The highest BCUT2D eigenvalue weighted by atomic mass is 31.2. The number of quaternary nitrogens is 1. The zero-order valence-electron chi connectivity index (χ0n) is 42.5. The fourth-order valence-electron chi connectivity index (χ4n) is 7.54. The van der Waals surface area contributed by atoms with Crippen molar-refractivity contribution in [2.45, 2.75) is 244 Å². The summed E-state index contributed by atoms with van der Waals surface area (Å²) in [5.74, 6) is -0.198. The van der Waals surface area contributed by atoms with Gasteiger partial charge in [0.05, 0.1) is 39.9 Å². The summed E-state index contributed by atoms with van der Waals surface area (Å²) in [6, 6.07) is -0.871. The van der Waals surface area contributed by atoms with Gasteiger partial charge in [-0.05, 0) is 64.2 Å². The number of unbranched alkanes of at least 4 members (excludes halogenated alkanes) is 27. The molecule has 1 amide bonds. The Morgan fingerprint density at radius 3 is 1.44 bits per heavy atom. The standard InChI is InChI=1S/C55H103N2O6P/c1-6-8-10-12-14-16-18-20-22-24-25-26-27-28-29-30-31-33-34-36-38-40-42-44-46-48-54(58)53(52-63-64(60,61)62-51-50-57(3,4)5)56-55(59)49-47-45-43-41-39-37-35-32-23-21-19-17-15-13-11-9-7-2/h9,11,15,17,21,23,38,40,46,48,53-54,58H,6-8,10,12-14,16,18-20,22,24-37,39,41-45,47,49-52H2,1-5H3,(H-,56,59,60,61)/p+1/b11-9-,17-15-,23-21-,40-38+,48-46+. The average molecular weight is 920 g/mol. The van der Waals surface area contributed by atoms with Crippen molar-refractivity contribution in [3.8, 4) is 0 Å². The molecule has 3 unspecified atom stereocenters. The fraction of sp³-hybridized carbons (Fsp3) is 0.800. The summed E-state index contributed by atoms with van der Waals surface area (Å²) in [4.78, 5) is 23.2. The molecule has 0 spiro atoms. The fourth-order valence-corrected chi connectivity index (χ4v) is 8.28. The van der Waals surface area contributed by atoms with Crippen LogP contribution in [0.2, 0.25) is 0 Å². The number of phosphoric ester groups is 1. The Morgan fingerprint density at radius 2 is 0.953 bits per heavy atom. The summed E-state index contributed by atoms with van der Waals surface area (Å²) >= 11 is 0. The highest BCUT2D eigenvalue weighted by molar-refractivity contribution is 7.47. The summed E-state index contributed by atoms with van der Waals surface area (Å²) in [6.07, 6.45) is 61.7. The molecule has 0 aliphatic heterocycles. The predicted octanol–water partition coefficient (Wildman–Crippen LogP) is 15.8. The summed E-state index contributed by atoms with van der Waals surface area (Å²) in [5, 5.41) is 13.9. The monoisotopic (exact) mass is 920 g/mol. The Balaban J connectivity index is 4.31. The van der Waals surface area contributed by atoms with Crippen molar-refractivity contribution in [2.75, 3.05) is 40.9 Å². The van der Waals surface area contributed by atoms with Gasteiger partial charge in [0.25, 0.3) is 0 Å². The van der Waals surface area contributed by atoms with Gasteiger partial charge >= 0.3 is 7.82 Å². The molecule has 0 aromatic rings. The second kappa shape index (κ2) is 46.3. The molecule has 9 heteroatoms. The molecule has 3 N–H and O–H groups in total.